The van der Waals surface area contributed by atoms with E-state index in [1.54, 1.807) is 12.1 Å². The fraction of sp³-hybridized carbons (Fsp3) is 0.500. The molecule has 0 aliphatic rings. The van der Waals surface area contributed by atoms with Crippen molar-refractivity contribution in [2.45, 2.75) is 111 Å². The lowest BCUT2D eigenvalue weighted by Gasteiger charge is -2.13. The molecular weight excluding hydrogens is 591 g/mol. The summed E-state index contributed by atoms with van der Waals surface area (Å²) >= 11 is 0. The maximum Gasteiger partial charge on any atom is 0.228 e. The fourth-order valence-electron chi connectivity index (χ4n) is 5.09. The van der Waals surface area contributed by atoms with E-state index in [4.69, 9.17) is 4.74 Å². The molecule has 3 rings (SSSR count). The van der Waals surface area contributed by atoms with Gasteiger partial charge >= 0.3 is 0 Å². The Kier molecular flexibility index (Phi) is 17.1. The van der Waals surface area contributed by atoms with Crippen LogP contribution in [0.3, 0.4) is 0 Å². The first-order valence-corrected chi connectivity index (χ1v) is 15.7. The second kappa shape index (κ2) is 20.2. The number of unbranched alkanes of at least 4 members (excludes halogenated alkanes) is 11. The standard InChI is InChI=1S/C36H49FN2O2.BrH/c1-4-5-6-7-8-9-10-11-12-13-14-15-25-41-36-32(17-16-18-34(36)37)26-35(40)38-33-21-19-31(20-22-33)28-39-24-23-29(2)30(3)27-39;/h16-24,27H,4-15,25-26,28H2,1-3H3;1H. The summed E-state index contributed by atoms with van der Waals surface area (Å²) in [5.41, 5.74) is 4.97. The Hall–Kier alpha value is -2.73. The van der Waals surface area contributed by atoms with Crippen LogP contribution in [0.2, 0.25) is 0 Å². The average molecular weight is 642 g/mol. The molecular formula is C36H50BrFN2O2. The summed E-state index contributed by atoms with van der Waals surface area (Å²) in [7, 11) is 0. The van der Waals surface area contributed by atoms with Gasteiger partial charge < -0.3 is 27.0 Å². The third-order valence-corrected chi connectivity index (χ3v) is 7.74. The Bertz CT molecular complexity index is 1200. The van der Waals surface area contributed by atoms with Crippen LogP contribution in [0.1, 0.15) is 106 Å². The normalized spacial score (nSPS) is 10.8. The molecule has 3 aromatic rings. The molecule has 1 aromatic heterocycles. The van der Waals surface area contributed by atoms with E-state index in [-0.39, 0.29) is 35.1 Å². The summed E-state index contributed by atoms with van der Waals surface area (Å²) in [6.07, 6.45) is 19.5. The lowest BCUT2D eigenvalue weighted by molar-refractivity contribution is -0.688. The Labute approximate surface area is 263 Å². The summed E-state index contributed by atoms with van der Waals surface area (Å²) in [6, 6.07) is 14.8. The number of pyridine rings is 1. The predicted molar refractivity (Wildman–Crippen MR) is 167 cm³/mol. The van der Waals surface area contributed by atoms with Crippen molar-refractivity contribution in [2.24, 2.45) is 0 Å². The van der Waals surface area contributed by atoms with E-state index in [0.717, 1.165) is 30.6 Å². The van der Waals surface area contributed by atoms with Crippen molar-refractivity contribution in [3.63, 3.8) is 0 Å². The lowest BCUT2D eigenvalue weighted by atomic mass is 10.1. The molecule has 0 saturated carbocycles. The Balaban J connectivity index is 0.00000616. The number of amides is 1. The zero-order valence-corrected chi connectivity index (χ0v) is 27.5. The van der Waals surface area contributed by atoms with Crippen molar-refractivity contribution < 1.29 is 35.5 Å². The number of hydrogen-bond acceptors (Lipinski definition) is 2. The zero-order valence-electron chi connectivity index (χ0n) is 25.9. The van der Waals surface area contributed by atoms with E-state index in [1.165, 1.54) is 81.4 Å². The Morgan fingerprint density at radius 1 is 0.810 bits per heavy atom. The summed E-state index contributed by atoms with van der Waals surface area (Å²) in [4.78, 5) is 12.8. The van der Waals surface area contributed by atoms with Gasteiger partial charge in [-0.15, -0.1) is 0 Å². The molecule has 0 fully saturated rings. The van der Waals surface area contributed by atoms with Crippen LogP contribution in [0.5, 0.6) is 5.75 Å². The number of hydrogen-bond donors (Lipinski definition) is 1. The van der Waals surface area contributed by atoms with Gasteiger partial charge in [-0.25, -0.2) is 8.96 Å². The molecule has 0 aliphatic carbocycles. The number of aromatic nitrogens is 1. The summed E-state index contributed by atoms with van der Waals surface area (Å²) < 4.78 is 22.6. The molecule has 6 heteroatoms. The SMILES string of the molecule is CCCCCCCCCCCCCCOc1c(F)cccc1CC(=O)Nc1ccc(C[n+]2ccc(C)c(C)c2)cc1.[Br-]. The molecule has 0 bridgehead atoms. The van der Waals surface area contributed by atoms with Gasteiger partial charge in [-0.05, 0) is 44.0 Å². The number of halogens is 2. The fourth-order valence-corrected chi connectivity index (χ4v) is 5.09. The zero-order chi connectivity index (χ0) is 29.3. The molecule has 0 aliphatic heterocycles. The van der Waals surface area contributed by atoms with Gasteiger partial charge in [0.2, 0.25) is 5.91 Å². The van der Waals surface area contributed by atoms with Crippen LogP contribution < -0.4 is 31.6 Å². The minimum Gasteiger partial charge on any atom is -1.00 e. The Morgan fingerprint density at radius 2 is 1.43 bits per heavy atom. The largest absolute Gasteiger partial charge is 1.00 e. The number of aryl methyl sites for hydroxylation is 2. The summed E-state index contributed by atoms with van der Waals surface area (Å²) in [5, 5.41) is 2.94. The van der Waals surface area contributed by atoms with E-state index < -0.39 is 5.82 Å². The predicted octanol–water partition coefficient (Wildman–Crippen LogP) is 6.04. The molecule has 0 spiro atoms. The third kappa shape index (κ3) is 13.1. The molecule has 2 aromatic carbocycles. The highest BCUT2D eigenvalue weighted by Gasteiger charge is 2.14. The molecule has 0 saturated heterocycles. The number of ether oxygens (including phenoxy) is 1. The number of anilines is 1. The molecule has 1 N–H and O–H groups in total. The average Bonchev–Trinajstić information content (AvgIpc) is 2.95. The quantitative estimate of drug-likeness (QED) is 0.128. The number of rotatable bonds is 19. The number of nitrogens with one attached hydrogen (secondary N) is 1. The molecule has 42 heavy (non-hydrogen) atoms. The van der Waals surface area contributed by atoms with Gasteiger partial charge in [-0.1, -0.05) is 102 Å². The number of nitrogens with zero attached hydrogens (tertiary/aromatic N) is 1. The van der Waals surface area contributed by atoms with Crippen molar-refractivity contribution in [3.8, 4) is 5.75 Å². The van der Waals surface area contributed by atoms with E-state index >= 15 is 0 Å². The van der Waals surface area contributed by atoms with E-state index in [2.05, 4.69) is 49.1 Å². The van der Waals surface area contributed by atoms with Gasteiger partial charge in [-0.3, -0.25) is 4.79 Å². The Morgan fingerprint density at radius 3 is 2.05 bits per heavy atom. The number of para-hydroxylation sites is 1. The first-order valence-electron chi connectivity index (χ1n) is 15.7. The van der Waals surface area contributed by atoms with Crippen molar-refractivity contribution in [2.75, 3.05) is 11.9 Å². The van der Waals surface area contributed by atoms with Crippen LogP contribution in [0.15, 0.2) is 60.9 Å². The van der Waals surface area contributed by atoms with Crippen molar-refractivity contribution in [3.05, 3.63) is 89.0 Å². The van der Waals surface area contributed by atoms with Gasteiger partial charge in [0.05, 0.1) is 13.0 Å². The topological polar surface area (TPSA) is 42.2 Å². The van der Waals surface area contributed by atoms with Crippen molar-refractivity contribution in [1.29, 1.82) is 0 Å². The number of carbonyl (C=O) groups excluding carboxylic acids is 1. The van der Waals surface area contributed by atoms with Crippen LogP contribution in [0, 0.1) is 19.7 Å². The van der Waals surface area contributed by atoms with Crippen LogP contribution in [-0.4, -0.2) is 12.5 Å². The van der Waals surface area contributed by atoms with Crippen LogP contribution in [0.4, 0.5) is 10.1 Å². The second-order valence-corrected chi connectivity index (χ2v) is 11.4. The number of benzene rings is 2. The van der Waals surface area contributed by atoms with Gasteiger partial charge in [0.1, 0.15) is 0 Å². The molecule has 230 valence electrons. The van der Waals surface area contributed by atoms with Gasteiger partial charge in [-0.2, -0.15) is 0 Å². The second-order valence-electron chi connectivity index (χ2n) is 11.4. The highest BCUT2D eigenvalue weighted by Crippen LogP contribution is 2.24. The molecule has 0 unspecified atom stereocenters. The smallest absolute Gasteiger partial charge is 0.228 e. The van der Waals surface area contributed by atoms with Crippen molar-refractivity contribution in [1.82, 2.24) is 0 Å². The van der Waals surface area contributed by atoms with E-state index in [1.807, 2.05) is 24.3 Å². The third-order valence-electron chi connectivity index (χ3n) is 7.74. The maximum atomic E-state index is 14.6. The molecule has 1 heterocycles. The molecule has 4 nitrogen and oxygen atoms in total. The van der Waals surface area contributed by atoms with Crippen LogP contribution in [-0.2, 0) is 17.8 Å². The van der Waals surface area contributed by atoms with E-state index in [0.29, 0.717) is 12.2 Å². The maximum absolute atomic E-state index is 14.6. The number of carbonyl (C=O) groups is 1. The van der Waals surface area contributed by atoms with Gasteiger partial charge in [0.15, 0.2) is 30.5 Å². The van der Waals surface area contributed by atoms with Crippen LogP contribution >= 0.6 is 0 Å². The van der Waals surface area contributed by atoms with E-state index in [9.17, 15) is 9.18 Å². The molecule has 0 radical (unpaired) electrons. The van der Waals surface area contributed by atoms with Gasteiger partial charge in [0, 0.05) is 28.4 Å². The lowest BCUT2D eigenvalue weighted by Crippen LogP contribution is -3.00. The van der Waals surface area contributed by atoms with Gasteiger partial charge in [0.25, 0.3) is 0 Å². The first-order chi connectivity index (χ1) is 20.0. The highest BCUT2D eigenvalue weighted by molar-refractivity contribution is 5.92. The van der Waals surface area contributed by atoms with Crippen molar-refractivity contribution >= 4 is 11.6 Å². The summed E-state index contributed by atoms with van der Waals surface area (Å²) in [6.45, 7) is 7.70. The minimum absolute atomic E-state index is 0. The first kappa shape index (κ1) is 35.5. The molecule has 0 atom stereocenters. The summed E-state index contributed by atoms with van der Waals surface area (Å²) in [5.74, 6) is -0.406. The highest BCUT2D eigenvalue weighted by atomic mass is 79.9. The monoisotopic (exact) mass is 640 g/mol. The minimum atomic E-state index is -0.414. The molecule has 1 amide bonds. The van der Waals surface area contributed by atoms with Crippen LogP contribution in [0.25, 0.3) is 0 Å².